The summed E-state index contributed by atoms with van der Waals surface area (Å²) in [6.45, 7) is 2.79. The van der Waals surface area contributed by atoms with Crippen LogP contribution in [0.15, 0.2) is 29.8 Å². The van der Waals surface area contributed by atoms with Gasteiger partial charge in [-0.3, -0.25) is 9.59 Å². The summed E-state index contributed by atoms with van der Waals surface area (Å²) in [5.74, 6) is 0.513. The van der Waals surface area contributed by atoms with Gasteiger partial charge in [0.2, 0.25) is 25.1 Å². The van der Waals surface area contributed by atoms with Crippen molar-refractivity contribution in [1.82, 2.24) is 9.80 Å². The molecule has 0 saturated carbocycles. The van der Waals surface area contributed by atoms with Crippen molar-refractivity contribution in [2.45, 2.75) is 18.9 Å². The summed E-state index contributed by atoms with van der Waals surface area (Å²) in [5.41, 5.74) is 0.703. The summed E-state index contributed by atoms with van der Waals surface area (Å²) in [6.07, 6.45) is 2.19. The Morgan fingerprint density at radius 1 is 0.947 bits per heavy atom. The molecule has 1 atom stereocenters. The first-order valence-electron chi connectivity index (χ1n) is 12.5. The number of likely N-dealkylation sites (tertiary alicyclic amines) is 2. The second-order valence-corrected chi connectivity index (χ2v) is 9.38. The van der Waals surface area contributed by atoms with E-state index in [1.54, 1.807) is 24.3 Å². The first kappa shape index (κ1) is 24.2. The molecule has 2 saturated heterocycles. The Hall–Kier alpha value is -4.12. The smallest absolute Gasteiger partial charge is 0.295 e. The zero-order chi connectivity index (χ0) is 26.4. The predicted octanol–water partition coefficient (Wildman–Crippen LogP) is 2.68. The molecule has 2 fully saturated rings. The van der Waals surface area contributed by atoms with E-state index in [9.17, 15) is 14.7 Å². The van der Waals surface area contributed by atoms with Gasteiger partial charge in [-0.2, -0.15) is 0 Å². The number of Topliss-reactive ketones (excluding diaryl/α,β-unsaturated/α-hetero) is 1. The molecule has 38 heavy (non-hydrogen) atoms. The number of carbonyl (C=O) groups excluding carboxylic acids is 2. The van der Waals surface area contributed by atoms with E-state index in [2.05, 4.69) is 4.90 Å². The van der Waals surface area contributed by atoms with Crippen LogP contribution in [0.25, 0.3) is 5.76 Å². The highest BCUT2D eigenvalue weighted by Gasteiger charge is 2.48. The van der Waals surface area contributed by atoms with Crippen molar-refractivity contribution in [1.29, 1.82) is 0 Å². The van der Waals surface area contributed by atoms with Crippen LogP contribution >= 0.6 is 0 Å². The summed E-state index contributed by atoms with van der Waals surface area (Å²) in [4.78, 5) is 30.7. The molecule has 4 aliphatic rings. The van der Waals surface area contributed by atoms with Crippen molar-refractivity contribution in [2.24, 2.45) is 0 Å². The third-order valence-corrected chi connectivity index (χ3v) is 7.35. The SMILES string of the molecule is COc1cc(C2C(=C(O)c3ccc4c(c3)OCO4)C(=O)C(=O)N2CCN2CCCC2)c(OC)c2c1OCO2. The summed E-state index contributed by atoms with van der Waals surface area (Å²) in [6, 6.07) is 5.57. The number of fused-ring (bicyclic) bond motifs is 2. The standard InChI is InChI=1S/C27H28N2O9/c1-33-19-12-16(24(34-2)26-25(19)37-14-38-26)21-20(22(30)15-5-6-17-18(11-15)36-13-35-17)23(31)27(32)29(21)10-9-28-7-3-4-8-28/h5-6,11-12,21,30H,3-4,7-10,13-14H2,1-2H3. The number of aliphatic hydroxyl groups excluding tert-OH is 1. The van der Waals surface area contributed by atoms with E-state index in [1.807, 2.05) is 0 Å². The average molecular weight is 525 g/mol. The predicted molar refractivity (Wildman–Crippen MR) is 133 cm³/mol. The van der Waals surface area contributed by atoms with E-state index in [4.69, 9.17) is 28.4 Å². The van der Waals surface area contributed by atoms with Gasteiger partial charge in [0.05, 0.1) is 25.8 Å². The molecule has 0 aromatic heterocycles. The van der Waals surface area contributed by atoms with Crippen molar-refractivity contribution in [3.63, 3.8) is 0 Å². The number of ketones is 1. The molecular formula is C27H28N2O9. The quantitative estimate of drug-likeness (QED) is 0.329. The van der Waals surface area contributed by atoms with E-state index in [1.165, 1.54) is 19.1 Å². The summed E-state index contributed by atoms with van der Waals surface area (Å²) < 4.78 is 33.4. The maximum Gasteiger partial charge on any atom is 0.295 e. The Morgan fingerprint density at radius 2 is 1.68 bits per heavy atom. The Kier molecular flexibility index (Phi) is 6.15. The zero-order valence-corrected chi connectivity index (χ0v) is 21.2. The van der Waals surface area contributed by atoms with Crippen LogP contribution in [0.2, 0.25) is 0 Å². The van der Waals surface area contributed by atoms with Gasteiger partial charge in [-0.25, -0.2) is 0 Å². The van der Waals surface area contributed by atoms with Crippen LogP contribution in [-0.4, -0.2) is 80.6 Å². The molecule has 0 radical (unpaired) electrons. The van der Waals surface area contributed by atoms with Crippen molar-refractivity contribution < 1.29 is 43.1 Å². The van der Waals surface area contributed by atoms with Gasteiger partial charge in [0.1, 0.15) is 5.76 Å². The largest absolute Gasteiger partial charge is 0.507 e. The molecule has 6 rings (SSSR count). The van der Waals surface area contributed by atoms with Crippen molar-refractivity contribution in [2.75, 3.05) is 54.0 Å². The first-order chi connectivity index (χ1) is 18.5. The molecule has 1 unspecified atom stereocenters. The summed E-state index contributed by atoms with van der Waals surface area (Å²) in [5, 5.41) is 11.5. The number of hydrogen-bond acceptors (Lipinski definition) is 10. The first-order valence-corrected chi connectivity index (χ1v) is 12.5. The minimum atomic E-state index is -0.957. The monoisotopic (exact) mass is 524 g/mol. The molecular weight excluding hydrogens is 496 g/mol. The number of amides is 1. The van der Waals surface area contributed by atoms with Gasteiger partial charge in [-0.1, -0.05) is 0 Å². The molecule has 2 aromatic carbocycles. The highest BCUT2D eigenvalue weighted by atomic mass is 16.7. The minimum absolute atomic E-state index is 0.0299. The lowest BCUT2D eigenvalue weighted by Gasteiger charge is -2.29. The third kappa shape index (κ3) is 3.85. The molecule has 200 valence electrons. The van der Waals surface area contributed by atoms with E-state index in [0.29, 0.717) is 52.2 Å². The Labute approximate surface area is 219 Å². The van der Waals surface area contributed by atoms with Gasteiger partial charge in [0.25, 0.3) is 11.7 Å². The van der Waals surface area contributed by atoms with Crippen LogP contribution in [0.3, 0.4) is 0 Å². The second-order valence-electron chi connectivity index (χ2n) is 9.38. The lowest BCUT2D eigenvalue weighted by molar-refractivity contribution is -0.140. The Bertz CT molecular complexity index is 1330. The lowest BCUT2D eigenvalue weighted by atomic mass is 9.93. The highest BCUT2D eigenvalue weighted by Crippen LogP contribution is 2.54. The second kappa shape index (κ2) is 9.64. The molecule has 11 heteroatoms. The van der Waals surface area contributed by atoms with Crippen molar-refractivity contribution in [3.05, 3.63) is 41.0 Å². The van der Waals surface area contributed by atoms with Gasteiger partial charge in [-0.05, 0) is 50.2 Å². The molecule has 4 heterocycles. The van der Waals surface area contributed by atoms with Gasteiger partial charge in [-0.15, -0.1) is 0 Å². The van der Waals surface area contributed by atoms with Crippen LogP contribution in [0, 0.1) is 0 Å². The number of aliphatic hydroxyl groups is 1. The fourth-order valence-corrected chi connectivity index (χ4v) is 5.49. The Morgan fingerprint density at radius 3 is 2.45 bits per heavy atom. The zero-order valence-electron chi connectivity index (χ0n) is 21.2. The average Bonchev–Trinajstić information content (AvgIpc) is 3.74. The van der Waals surface area contributed by atoms with Gasteiger partial charge in [0, 0.05) is 24.2 Å². The van der Waals surface area contributed by atoms with Crippen LogP contribution < -0.4 is 28.4 Å². The topological polar surface area (TPSA) is 116 Å². The maximum absolute atomic E-state index is 13.5. The van der Waals surface area contributed by atoms with Crippen LogP contribution in [0.5, 0.6) is 34.5 Å². The summed E-state index contributed by atoms with van der Waals surface area (Å²) in [7, 11) is 2.96. The maximum atomic E-state index is 13.5. The summed E-state index contributed by atoms with van der Waals surface area (Å²) >= 11 is 0. The van der Waals surface area contributed by atoms with Gasteiger partial charge in [0.15, 0.2) is 23.0 Å². The number of methoxy groups -OCH3 is 2. The van der Waals surface area contributed by atoms with E-state index in [0.717, 1.165) is 25.9 Å². The number of nitrogens with zero attached hydrogens (tertiary/aromatic N) is 2. The van der Waals surface area contributed by atoms with Crippen molar-refractivity contribution in [3.8, 4) is 34.5 Å². The van der Waals surface area contributed by atoms with Crippen molar-refractivity contribution >= 4 is 17.4 Å². The number of hydrogen-bond donors (Lipinski definition) is 1. The van der Waals surface area contributed by atoms with Crippen LogP contribution in [0.4, 0.5) is 0 Å². The van der Waals surface area contributed by atoms with Crippen LogP contribution in [0.1, 0.15) is 30.0 Å². The van der Waals surface area contributed by atoms with Gasteiger partial charge >= 0.3 is 0 Å². The highest BCUT2D eigenvalue weighted by molar-refractivity contribution is 6.46. The van der Waals surface area contributed by atoms with Crippen LogP contribution in [-0.2, 0) is 9.59 Å². The normalized spacial score (nSPS) is 21.4. The molecule has 4 aliphatic heterocycles. The lowest BCUT2D eigenvalue weighted by Crippen LogP contribution is -2.37. The van der Waals surface area contributed by atoms with E-state index < -0.39 is 17.7 Å². The number of ether oxygens (including phenoxy) is 6. The third-order valence-electron chi connectivity index (χ3n) is 7.35. The van der Waals surface area contributed by atoms with Gasteiger partial charge < -0.3 is 43.3 Å². The molecule has 0 aliphatic carbocycles. The molecule has 0 bridgehead atoms. The van der Waals surface area contributed by atoms with E-state index in [-0.39, 0.29) is 31.5 Å². The number of rotatable bonds is 7. The Balaban J connectivity index is 1.51. The minimum Gasteiger partial charge on any atom is -0.507 e. The number of carbonyl (C=O) groups is 2. The fraction of sp³-hybridized carbons (Fsp3) is 0.407. The molecule has 1 amide bonds. The number of benzene rings is 2. The molecule has 1 N–H and O–H groups in total. The fourth-order valence-electron chi connectivity index (χ4n) is 5.49. The molecule has 11 nitrogen and oxygen atoms in total. The van der Waals surface area contributed by atoms with E-state index >= 15 is 0 Å². The molecule has 0 spiro atoms. The molecule has 2 aromatic rings.